The van der Waals surface area contributed by atoms with Gasteiger partial charge in [-0.1, -0.05) is 43.6 Å². The summed E-state index contributed by atoms with van der Waals surface area (Å²) in [5, 5.41) is 14.8. The number of anilines is 1. The molecule has 0 fully saturated rings. The lowest BCUT2D eigenvalue weighted by molar-refractivity contribution is 0.477. The second-order valence-corrected chi connectivity index (χ2v) is 7.23. The van der Waals surface area contributed by atoms with E-state index in [-0.39, 0.29) is 16.8 Å². The maximum atomic E-state index is 10.3. The van der Waals surface area contributed by atoms with Crippen molar-refractivity contribution in [3.05, 3.63) is 47.5 Å². The molecule has 3 aromatic rings. The van der Waals surface area contributed by atoms with Gasteiger partial charge in [0.2, 0.25) is 0 Å². The Morgan fingerprint density at radius 1 is 1.12 bits per heavy atom. The number of nitrogens with two attached hydrogens (primary N) is 1. The van der Waals surface area contributed by atoms with E-state index in [2.05, 4.69) is 29.1 Å². The molecule has 5 nitrogen and oxygen atoms in total. The Kier molecular flexibility index (Phi) is 5.59. The highest BCUT2D eigenvalue weighted by molar-refractivity contribution is 6.32. The normalized spacial score (nSPS) is 12.5. The summed E-state index contributed by atoms with van der Waals surface area (Å²) in [5.41, 5.74) is 7.48. The molecule has 0 aliphatic carbocycles. The zero-order valence-corrected chi connectivity index (χ0v) is 15.7. The monoisotopic (exact) mass is 370 g/mol. The molecule has 1 heterocycles. The quantitative estimate of drug-likeness (QED) is 0.597. The number of nitrogens with zero attached hydrogens (tertiary/aromatic N) is 2. The molecule has 136 valence electrons. The van der Waals surface area contributed by atoms with Gasteiger partial charge in [-0.05, 0) is 36.6 Å². The van der Waals surface area contributed by atoms with Gasteiger partial charge in [0, 0.05) is 18.0 Å². The number of hydrogen-bond donors (Lipinski definition) is 3. The molecule has 0 saturated carbocycles. The average Bonchev–Trinajstić information content (AvgIpc) is 2.61. The Hall–Kier alpha value is -2.37. The van der Waals surface area contributed by atoms with Gasteiger partial charge in [0.25, 0.3) is 0 Å². The van der Waals surface area contributed by atoms with Crippen LogP contribution >= 0.6 is 11.6 Å². The SMILES string of the molecule is CC(C)C[C@H](N)CNc1nc(-c2cccc(Cl)c2O)nc2ccccc12. The van der Waals surface area contributed by atoms with Gasteiger partial charge in [0.1, 0.15) is 11.6 Å². The van der Waals surface area contributed by atoms with E-state index in [9.17, 15) is 5.11 Å². The third-order valence-electron chi connectivity index (χ3n) is 4.14. The van der Waals surface area contributed by atoms with E-state index >= 15 is 0 Å². The number of hydrogen-bond acceptors (Lipinski definition) is 5. The molecule has 0 spiro atoms. The second kappa shape index (κ2) is 7.89. The standard InChI is InChI=1S/C20H23ClN4O/c1-12(2)10-13(22)11-23-19-14-6-3-4-9-17(14)24-20(25-19)15-7-5-8-16(21)18(15)26/h3-9,12-13,26H,10-11,22H2,1-2H3,(H,23,24,25)/t13-/m0/s1. The van der Waals surface area contributed by atoms with Crippen LogP contribution in [0.4, 0.5) is 5.82 Å². The first-order valence-corrected chi connectivity index (χ1v) is 9.07. The fourth-order valence-corrected chi connectivity index (χ4v) is 3.12. The summed E-state index contributed by atoms with van der Waals surface area (Å²) in [6.45, 7) is 4.92. The number of phenols is 1. The maximum Gasteiger partial charge on any atom is 0.165 e. The average molecular weight is 371 g/mol. The van der Waals surface area contributed by atoms with E-state index < -0.39 is 0 Å². The van der Waals surface area contributed by atoms with Crippen molar-refractivity contribution in [3.63, 3.8) is 0 Å². The Morgan fingerprint density at radius 2 is 1.88 bits per heavy atom. The van der Waals surface area contributed by atoms with E-state index in [1.54, 1.807) is 18.2 Å². The fraction of sp³-hybridized carbons (Fsp3) is 0.300. The summed E-state index contributed by atoms with van der Waals surface area (Å²) in [7, 11) is 0. The van der Waals surface area contributed by atoms with E-state index in [0.29, 0.717) is 29.7 Å². The summed E-state index contributed by atoms with van der Waals surface area (Å²) in [6.07, 6.45) is 0.929. The van der Waals surface area contributed by atoms with Crippen LogP contribution in [0.15, 0.2) is 42.5 Å². The van der Waals surface area contributed by atoms with Crippen LogP contribution in [0.5, 0.6) is 5.75 Å². The topological polar surface area (TPSA) is 84.1 Å². The highest BCUT2D eigenvalue weighted by atomic mass is 35.5. The molecule has 1 aromatic heterocycles. The van der Waals surface area contributed by atoms with E-state index in [0.717, 1.165) is 17.3 Å². The van der Waals surface area contributed by atoms with Gasteiger partial charge in [0.05, 0.1) is 16.1 Å². The summed E-state index contributed by atoms with van der Waals surface area (Å²) in [4.78, 5) is 9.21. The first-order valence-electron chi connectivity index (χ1n) is 8.69. The van der Waals surface area contributed by atoms with Crippen LogP contribution in [0.2, 0.25) is 5.02 Å². The van der Waals surface area contributed by atoms with Crippen molar-refractivity contribution >= 4 is 28.3 Å². The van der Waals surface area contributed by atoms with E-state index in [4.69, 9.17) is 17.3 Å². The molecule has 0 radical (unpaired) electrons. The maximum absolute atomic E-state index is 10.3. The number of para-hydroxylation sites is 2. The van der Waals surface area contributed by atoms with Crippen LogP contribution in [-0.2, 0) is 0 Å². The number of aromatic nitrogens is 2. The van der Waals surface area contributed by atoms with Gasteiger partial charge >= 0.3 is 0 Å². The van der Waals surface area contributed by atoms with Crippen molar-refractivity contribution in [2.75, 3.05) is 11.9 Å². The minimum atomic E-state index is -0.0214. The van der Waals surface area contributed by atoms with Crippen LogP contribution in [0.1, 0.15) is 20.3 Å². The van der Waals surface area contributed by atoms with Gasteiger partial charge in [-0.2, -0.15) is 0 Å². The van der Waals surface area contributed by atoms with Gasteiger partial charge in [-0.3, -0.25) is 0 Å². The molecule has 3 rings (SSSR count). The zero-order chi connectivity index (χ0) is 18.7. The lowest BCUT2D eigenvalue weighted by Gasteiger charge is -2.17. The minimum Gasteiger partial charge on any atom is -0.506 e. The molecular formula is C20H23ClN4O. The first kappa shape index (κ1) is 18.4. The summed E-state index contributed by atoms with van der Waals surface area (Å²) >= 11 is 6.04. The summed E-state index contributed by atoms with van der Waals surface area (Å²) < 4.78 is 0. The van der Waals surface area contributed by atoms with Crippen molar-refractivity contribution in [1.82, 2.24) is 9.97 Å². The predicted octanol–water partition coefficient (Wildman–Crippen LogP) is 4.44. The van der Waals surface area contributed by atoms with E-state index in [1.165, 1.54) is 0 Å². The molecule has 0 aliphatic rings. The number of halogens is 1. The Bertz CT molecular complexity index is 913. The van der Waals surface area contributed by atoms with Gasteiger partial charge in [-0.25, -0.2) is 9.97 Å². The smallest absolute Gasteiger partial charge is 0.165 e. The van der Waals surface area contributed by atoms with Crippen LogP contribution in [0.3, 0.4) is 0 Å². The van der Waals surface area contributed by atoms with Gasteiger partial charge in [0.15, 0.2) is 5.82 Å². The first-order chi connectivity index (χ1) is 12.5. The van der Waals surface area contributed by atoms with E-state index in [1.807, 2.05) is 24.3 Å². The van der Waals surface area contributed by atoms with Crippen molar-refractivity contribution in [1.29, 1.82) is 0 Å². The number of benzene rings is 2. The Morgan fingerprint density at radius 3 is 2.65 bits per heavy atom. The highest BCUT2D eigenvalue weighted by Gasteiger charge is 2.14. The molecule has 4 N–H and O–H groups in total. The predicted molar refractivity (Wildman–Crippen MR) is 108 cm³/mol. The third-order valence-corrected chi connectivity index (χ3v) is 4.44. The number of aromatic hydroxyl groups is 1. The zero-order valence-electron chi connectivity index (χ0n) is 14.9. The number of fused-ring (bicyclic) bond motifs is 1. The Labute approximate surface area is 158 Å². The molecule has 0 saturated heterocycles. The molecule has 0 unspecified atom stereocenters. The summed E-state index contributed by atoms with van der Waals surface area (Å²) in [6, 6.07) is 12.9. The lowest BCUT2D eigenvalue weighted by Crippen LogP contribution is -2.30. The van der Waals surface area contributed by atoms with Crippen molar-refractivity contribution < 1.29 is 5.11 Å². The van der Waals surface area contributed by atoms with Crippen molar-refractivity contribution in [2.24, 2.45) is 11.7 Å². The van der Waals surface area contributed by atoms with Gasteiger partial charge < -0.3 is 16.2 Å². The number of rotatable bonds is 6. The number of nitrogens with one attached hydrogen (secondary N) is 1. The second-order valence-electron chi connectivity index (χ2n) is 6.82. The molecule has 0 amide bonds. The summed E-state index contributed by atoms with van der Waals surface area (Å²) in [5.74, 6) is 1.63. The molecular weight excluding hydrogens is 348 g/mol. The molecule has 0 aliphatic heterocycles. The molecule has 2 aromatic carbocycles. The van der Waals surface area contributed by atoms with Crippen LogP contribution in [0, 0.1) is 5.92 Å². The molecule has 0 bridgehead atoms. The number of phenolic OH excluding ortho intramolecular Hbond substituents is 1. The van der Waals surface area contributed by atoms with Crippen LogP contribution in [-0.4, -0.2) is 27.7 Å². The van der Waals surface area contributed by atoms with Crippen molar-refractivity contribution in [2.45, 2.75) is 26.3 Å². The fourth-order valence-electron chi connectivity index (χ4n) is 2.94. The van der Waals surface area contributed by atoms with Crippen molar-refractivity contribution in [3.8, 4) is 17.1 Å². The van der Waals surface area contributed by atoms with Crippen LogP contribution < -0.4 is 11.1 Å². The molecule has 1 atom stereocenters. The van der Waals surface area contributed by atoms with Crippen LogP contribution in [0.25, 0.3) is 22.3 Å². The minimum absolute atomic E-state index is 0.0214. The molecule has 26 heavy (non-hydrogen) atoms. The lowest BCUT2D eigenvalue weighted by atomic mass is 10.0. The highest BCUT2D eigenvalue weighted by Crippen LogP contribution is 2.34. The third kappa shape index (κ3) is 4.06. The largest absolute Gasteiger partial charge is 0.506 e. The van der Waals surface area contributed by atoms with Gasteiger partial charge in [-0.15, -0.1) is 0 Å². The molecule has 6 heteroatoms. The Balaban J connectivity index is 2.00.